The summed E-state index contributed by atoms with van der Waals surface area (Å²) >= 11 is 0. The van der Waals surface area contributed by atoms with Crippen molar-refractivity contribution in [2.75, 3.05) is 14.2 Å². The van der Waals surface area contributed by atoms with Gasteiger partial charge in [-0.05, 0) is 61.7 Å². The molecule has 2 N–H and O–H groups in total. The molecular formula is C35H33FN4O4. The molecule has 0 bridgehead atoms. The summed E-state index contributed by atoms with van der Waals surface area (Å²) in [5.41, 5.74) is 4.04. The molecule has 5 aromatic rings. The van der Waals surface area contributed by atoms with Crippen LogP contribution in [-0.2, 0) is 10.3 Å². The Morgan fingerprint density at radius 3 is 2.32 bits per heavy atom. The van der Waals surface area contributed by atoms with Gasteiger partial charge < -0.3 is 19.8 Å². The number of furan rings is 1. The quantitative estimate of drug-likeness (QED) is 0.226. The lowest BCUT2D eigenvalue weighted by Crippen LogP contribution is -2.58. The highest BCUT2D eigenvalue weighted by Gasteiger charge is 2.49. The number of methoxy groups -OCH3 is 1. The van der Waals surface area contributed by atoms with Gasteiger partial charge in [-0.25, -0.2) is 14.4 Å². The summed E-state index contributed by atoms with van der Waals surface area (Å²) in [6, 6.07) is 16.1. The number of aromatic nitrogens is 2. The first-order valence-electron chi connectivity index (χ1n) is 14.4. The normalized spacial score (nSPS) is 17.7. The van der Waals surface area contributed by atoms with Crippen molar-refractivity contribution < 1.29 is 23.1 Å². The molecule has 9 heteroatoms. The van der Waals surface area contributed by atoms with Crippen LogP contribution in [0.1, 0.15) is 56.1 Å². The fraction of sp³-hybridized carbons (Fsp3) is 0.257. The summed E-state index contributed by atoms with van der Waals surface area (Å²) < 4.78 is 28.2. The lowest BCUT2D eigenvalue weighted by atomic mass is 9.73. The maximum absolute atomic E-state index is 16.6. The number of benzene rings is 3. The van der Waals surface area contributed by atoms with Gasteiger partial charge in [0.1, 0.15) is 22.7 Å². The molecule has 0 saturated heterocycles. The van der Waals surface area contributed by atoms with Crippen LogP contribution in [0.15, 0.2) is 71.4 Å². The van der Waals surface area contributed by atoms with Gasteiger partial charge >= 0.3 is 0 Å². The van der Waals surface area contributed by atoms with Gasteiger partial charge in [0.25, 0.3) is 11.8 Å². The number of nitrogens with zero attached hydrogens (tertiary/aromatic N) is 2. The van der Waals surface area contributed by atoms with Crippen molar-refractivity contribution in [2.24, 2.45) is 0 Å². The molecule has 1 aliphatic carbocycles. The van der Waals surface area contributed by atoms with Crippen molar-refractivity contribution in [1.29, 1.82) is 0 Å². The monoisotopic (exact) mass is 592 g/mol. The molecule has 3 aromatic carbocycles. The lowest BCUT2D eigenvalue weighted by Gasteiger charge is -2.46. The van der Waals surface area contributed by atoms with Crippen LogP contribution in [0, 0.1) is 26.6 Å². The molecular weight excluding hydrogens is 559 g/mol. The zero-order valence-corrected chi connectivity index (χ0v) is 25.2. The Kier molecular flexibility index (Phi) is 7.51. The lowest BCUT2D eigenvalue weighted by molar-refractivity contribution is -0.0336. The maximum atomic E-state index is 16.6. The van der Waals surface area contributed by atoms with E-state index in [0.717, 1.165) is 16.7 Å². The van der Waals surface area contributed by atoms with E-state index in [1.807, 2.05) is 51.1 Å². The number of halogens is 1. The Hall–Kier alpha value is -4.89. The molecule has 2 heterocycles. The third kappa shape index (κ3) is 4.93. The minimum Gasteiger partial charge on any atom is -0.455 e. The first kappa shape index (κ1) is 29.2. The molecule has 0 radical (unpaired) electrons. The number of carbonyl (C=O) groups is 2. The van der Waals surface area contributed by atoms with Crippen LogP contribution in [0.5, 0.6) is 0 Å². The first-order chi connectivity index (χ1) is 21.2. The summed E-state index contributed by atoms with van der Waals surface area (Å²) in [4.78, 5) is 35.8. The van der Waals surface area contributed by atoms with E-state index >= 15 is 4.39 Å². The second-order valence-corrected chi connectivity index (χ2v) is 11.4. The van der Waals surface area contributed by atoms with Gasteiger partial charge in [-0.2, -0.15) is 0 Å². The average Bonchev–Trinajstić information content (AvgIpc) is 3.40. The van der Waals surface area contributed by atoms with Crippen molar-refractivity contribution in [3.63, 3.8) is 0 Å². The number of hydrogen-bond acceptors (Lipinski definition) is 6. The van der Waals surface area contributed by atoms with Crippen LogP contribution in [0.4, 0.5) is 4.39 Å². The van der Waals surface area contributed by atoms with Crippen molar-refractivity contribution in [2.45, 2.75) is 45.3 Å². The van der Waals surface area contributed by atoms with Crippen molar-refractivity contribution in [3.8, 4) is 22.5 Å². The van der Waals surface area contributed by atoms with Gasteiger partial charge in [0.2, 0.25) is 0 Å². The van der Waals surface area contributed by atoms with Gasteiger partial charge in [-0.3, -0.25) is 9.59 Å². The molecule has 6 rings (SSSR count). The van der Waals surface area contributed by atoms with Crippen LogP contribution in [0.25, 0.3) is 33.4 Å². The fourth-order valence-corrected chi connectivity index (χ4v) is 6.05. The highest BCUT2D eigenvalue weighted by molar-refractivity contribution is 6.12. The maximum Gasteiger partial charge on any atom is 0.255 e. The predicted octanol–water partition coefficient (Wildman–Crippen LogP) is 6.41. The highest BCUT2D eigenvalue weighted by Crippen LogP contribution is 2.42. The highest BCUT2D eigenvalue weighted by atomic mass is 19.1. The van der Waals surface area contributed by atoms with E-state index in [2.05, 4.69) is 20.6 Å². The number of aryl methyl sites for hydroxylation is 3. The van der Waals surface area contributed by atoms with Gasteiger partial charge in [0.15, 0.2) is 5.82 Å². The second-order valence-electron chi connectivity index (χ2n) is 11.4. The van der Waals surface area contributed by atoms with Crippen LogP contribution >= 0.6 is 0 Å². The van der Waals surface area contributed by atoms with Crippen LogP contribution in [0.3, 0.4) is 0 Å². The van der Waals surface area contributed by atoms with Crippen molar-refractivity contribution in [3.05, 3.63) is 106 Å². The molecule has 1 fully saturated rings. The molecule has 44 heavy (non-hydrogen) atoms. The van der Waals surface area contributed by atoms with Crippen molar-refractivity contribution in [1.82, 2.24) is 20.6 Å². The van der Waals surface area contributed by atoms with Gasteiger partial charge in [-0.15, -0.1) is 0 Å². The predicted molar refractivity (Wildman–Crippen MR) is 166 cm³/mol. The fourth-order valence-electron chi connectivity index (χ4n) is 6.05. The molecule has 1 aliphatic rings. The topological polar surface area (TPSA) is 106 Å². The number of fused-ring (bicyclic) bond motifs is 1. The van der Waals surface area contributed by atoms with E-state index in [0.29, 0.717) is 41.1 Å². The summed E-state index contributed by atoms with van der Waals surface area (Å²) in [5, 5.41) is 5.87. The number of carbonyl (C=O) groups excluding carboxylic acids is 2. The standard InChI is InChI=1S/C35H33FN4O4/c1-19-7-9-22(10-8-19)31-29(33(42)37-4)28-27(44-31)12-11-24(30(28)36)25-16-26(21(3)15-20(25)2)32(41)40-35(17-23(18-35)43-5)34-38-13-6-14-39-34/h6-16,23H,17-18H2,1-5H3,(H,37,42)(H,40,41). The summed E-state index contributed by atoms with van der Waals surface area (Å²) in [5.74, 6) is -0.561. The Morgan fingerprint density at radius 1 is 0.955 bits per heavy atom. The molecule has 1 saturated carbocycles. The zero-order chi connectivity index (χ0) is 31.2. The van der Waals surface area contributed by atoms with E-state index in [4.69, 9.17) is 9.15 Å². The SMILES string of the molecule is CNC(=O)c1c(-c2ccc(C)cc2)oc2ccc(-c3cc(C(=O)NC4(c5ncccn5)CC(OC)C4)c(C)cc3C)c(F)c12. The number of amides is 2. The van der Waals surface area contributed by atoms with E-state index in [1.54, 1.807) is 43.8 Å². The van der Waals surface area contributed by atoms with Gasteiger partial charge in [0.05, 0.1) is 17.1 Å². The minimum atomic E-state index is -0.772. The van der Waals surface area contributed by atoms with Gasteiger partial charge in [0, 0.05) is 56.1 Å². The Morgan fingerprint density at radius 2 is 1.66 bits per heavy atom. The number of rotatable bonds is 7. The van der Waals surface area contributed by atoms with E-state index in [9.17, 15) is 9.59 Å². The zero-order valence-electron chi connectivity index (χ0n) is 25.2. The molecule has 0 unspecified atom stereocenters. The first-order valence-corrected chi connectivity index (χ1v) is 14.4. The Labute approximate surface area is 254 Å². The number of ether oxygens (including phenoxy) is 1. The largest absolute Gasteiger partial charge is 0.455 e. The summed E-state index contributed by atoms with van der Waals surface area (Å²) in [6.45, 7) is 5.68. The Bertz CT molecular complexity index is 1890. The number of nitrogens with one attached hydrogen (secondary N) is 2. The molecule has 0 spiro atoms. The second kappa shape index (κ2) is 11.3. The van der Waals surface area contributed by atoms with E-state index < -0.39 is 17.3 Å². The van der Waals surface area contributed by atoms with E-state index in [1.165, 1.54) is 7.05 Å². The summed E-state index contributed by atoms with van der Waals surface area (Å²) in [6.07, 6.45) is 4.35. The summed E-state index contributed by atoms with van der Waals surface area (Å²) in [7, 11) is 3.14. The van der Waals surface area contributed by atoms with Gasteiger partial charge in [-0.1, -0.05) is 35.9 Å². The Balaban J connectivity index is 1.44. The third-order valence-electron chi connectivity index (χ3n) is 8.50. The third-order valence-corrected chi connectivity index (χ3v) is 8.50. The average molecular weight is 593 g/mol. The molecule has 0 aliphatic heterocycles. The van der Waals surface area contributed by atoms with Crippen molar-refractivity contribution >= 4 is 22.8 Å². The van der Waals surface area contributed by atoms with Crippen LogP contribution in [-0.4, -0.2) is 42.0 Å². The molecule has 8 nitrogen and oxygen atoms in total. The number of hydrogen-bond donors (Lipinski definition) is 2. The molecule has 2 amide bonds. The van der Waals surface area contributed by atoms with Crippen LogP contribution < -0.4 is 10.6 Å². The molecule has 224 valence electrons. The minimum absolute atomic E-state index is 0.0242. The smallest absolute Gasteiger partial charge is 0.255 e. The van der Waals surface area contributed by atoms with Crippen LogP contribution in [0.2, 0.25) is 0 Å². The molecule has 0 atom stereocenters. The molecule has 2 aromatic heterocycles. The van der Waals surface area contributed by atoms with E-state index in [-0.39, 0.29) is 34.1 Å².